The number of hydrogen-bond acceptors (Lipinski definition) is 5. The number of nitrogens with zero attached hydrogens (tertiary/aromatic N) is 1. The van der Waals surface area contributed by atoms with Gasteiger partial charge in [-0.2, -0.15) is 0 Å². The van der Waals surface area contributed by atoms with Gasteiger partial charge in [0.1, 0.15) is 5.58 Å². The summed E-state index contributed by atoms with van der Waals surface area (Å²) < 4.78 is 10.6. The van der Waals surface area contributed by atoms with Gasteiger partial charge in [0.05, 0.1) is 6.61 Å². The molecule has 0 saturated carbocycles. The van der Waals surface area contributed by atoms with Gasteiger partial charge in [0.25, 0.3) is 5.91 Å². The molecular formula is C27H30N2O5. The summed E-state index contributed by atoms with van der Waals surface area (Å²) in [5.41, 5.74) is 3.23. The first kappa shape index (κ1) is 23.5. The smallest absolute Gasteiger partial charge is 0.407 e. The lowest BCUT2D eigenvalue weighted by atomic mass is 9.97. The molecular weight excluding hydrogens is 432 g/mol. The number of carbonyl (C=O) groups is 2. The average molecular weight is 463 g/mol. The van der Waals surface area contributed by atoms with Gasteiger partial charge in [-0.15, -0.1) is 0 Å². The Hall–Kier alpha value is -3.61. The number of amides is 2. The van der Waals surface area contributed by atoms with Crippen LogP contribution in [0.15, 0.2) is 57.7 Å². The summed E-state index contributed by atoms with van der Waals surface area (Å²) in [6.45, 7) is 6.10. The third-order valence-electron chi connectivity index (χ3n) is 6.27. The normalized spacial score (nSPS) is 15.5. The lowest BCUT2D eigenvalue weighted by Crippen LogP contribution is -2.33. The summed E-state index contributed by atoms with van der Waals surface area (Å²) in [5, 5.41) is 3.58. The third-order valence-corrected chi connectivity index (χ3v) is 6.27. The van der Waals surface area contributed by atoms with E-state index in [9.17, 15) is 14.4 Å². The first-order valence-electron chi connectivity index (χ1n) is 11.8. The van der Waals surface area contributed by atoms with Crippen molar-refractivity contribution in [2.45, 2.75) is 33.1 Å². The van der Waals surface area contributed by atoms with E-state index in [2.05, 4.69) is 5.32 Å². The highest BCUT2D eigenvalue weighted by atomic mass is 16.5. The number of aryl methyl sites for hydroxylation is 1. The molecule has 0 radical (unpaired) electrons. The van der Waals surface area contributed by atoms with E-state index in [1.54, 1.807) is 17.0 Å². The standard InChI is InChI=1S/C27H30N2O5/c1-3-4-13-33-27(32)28-16-19-11-12-29(17-19)26(31)20-9-10-22-23(15-25(30)34-24(22)14-20)21-8-6-5-7-18(21)2/h5-10,14-15,19H,3-4,11-13,16-17H2,1-2H3,(H,28,32). The monoisotopic (exact) mass is 462 g/mol. The maximum absolute atomic E-state index is 13.1. The number of fused-ring (bicyclic) bond motifs is 1. The summed E-state index contributed by atoms with van der Waals surface area (Å²) in [7, 11) is 0. The number of likely N-dealkylation sites (tertiary alicyclic amines) is 1. The van der Waals surface area contributed by atoms with E-state index in [4.69, 9.17) is 9.15 Å². The zero-order valence-corrected chi connectivity index (χ0v) is 19.6. The van der Waals surface area contributed by atoms with Crippen LogP contribution in [-0.4, -0.2) is 43.1 Å². The number of ether oxygens (including phenoxy) is 1. The van der Waals surface area contributed by atoms with E-state index < -0.39 is 11.7 Å². The van der Waals surface area contributed by atoms with Crippen molar-refractivity contribution in [3.63, 3.8) is 0 Å². The first-order valence-corrected chi connectivity index (χ1v) is 11.8. The molecule has 1 fully saturated rings. The molecule has 1 saturated heterocycles. The Bertz CT molecular complexity index is 1250. The molecule has 2 amide bonds. The van der Waals surface area contributed by atoms with Crippen molar-refractivity contribution in [2.24, 2.45) is 5.92 Å². The molecule has 2 heterocycles. The second-order valence-corrected chi connectivity index (χ2v) is 8.78. The fraction of sp³-hybridized carbons (Fsp3) is 0.370. The van der Waals surface area contributed by atoms with Crippen molar-refractivity contribution < 1.29 is 18.7 Å². The molecule has 1 aromatic heterocycles. The predicted molar refractivity (Wildman–Crippen MR) is 131 cm³/mol. The molecule has 2 aromatic carbocycles. The molecule has 0 aliphatic carbocycles. The molecule has 7 nitrogen and oxygen atoms in total. The van der Waals surface area contributed by atoms with Gasteiger partial charge >= 0.3 is 11.7 Å². The number of nitrogens with one attached hydrogen (secondary N) is 1. The number of benzene rings is 2. The van der Waals surface area contributed by atoms with Crippen molar-refractivity contribution in [2.75, 3.05) is 26.2 Å². The fourth-order valence-electron chi connectivity index (χ4n) is 4.35. The Kier molecular flexibility index (Phi) is 7.30. The van der Waals surface area contributed by atoms with Gasteiger partial charge in [0.2, 0.25) is 0 Å². The molecule has 3 aromatic rings. The van der Waals surface area contributed by atoms with Crippen LogP contribution in [0.2, 0.25) is 0 Å². The van der Waals surface area contributed by atoms with Crippen molar-refractivity contribution in [1.82, 2.24) is 10.2 Å². The van der Waals surface area contributed by atoms with E-state index in [-0.39, 0.29) is 11.8 Å². The Labute approximate surface area is 198 Å². The molecule has 0 bridgehead atoms. The van der Waals surface area contributed by atoms with Crippen LogP contribution in [0.4, 0.5) is 4.79 Å². The van der Waals surface area contributed by atoms with Gasteiger partial charge in [-0.1, -0.05) is 37.6 Å². The number of hydrogen-bond donors (Lipinski definition) is 1. The summed E-state index contributed by atoms with van der Waals surface area (Å²) in [4.78, 5) is 39.0. The predicted octanol–water partition coefficient (Wildman–Crippen LogP) is 4.76. The zero-order valence-electron chi connectivity index (χ0n) is 19.6. The Balaban J connectivity index is 1.46. The van der Waals surface area contributed by atoms with E-state index in [1.165, 1.54) is 6.07 Å². The summed E-state index contributed by atoms with van der Waals surface area (Å²) in [6.07, 6.45) is 2.21. The second kappa shape index (κ2) is 10.5. The Morgan fingerprint density at radius 2 is 1.97 bits per heavy atom. The van der Waals surface area contributed by atoms with Crippen LogP contribution in [0.3, 0.4) is 0 Å². The Morgan fingerprint density at radius 1 is 1.15 bits per heavy atom. The molecule has 1 aliphatic rings. The minimum Gasteiger partial charge on any atom is -0.450 e. The lowest BCUT2D eigenvalue weighted by Gasteiger charge is -2.17. The third kappa shape index (κ3) is 5.30. The van der Waals surface area contributed by atoms with Crippen LogP contribution in [0.25, 0.3) is 22.1 Å². The van der Waals surface area contributed by atoms with Gasteiger partial charge in [-0.3, -0.25) is 4.79 Å². The van der Waals surface area contributed by atoms with Gasteiger partial charge in [0, 0.05) is 42.2 Å². The molecule has 1 unspecified atom stereocenters. The number of carbonyl (C=O) groups excluding carboxylic acids is 2. The summed E-state index contributed by atoms with van der Waals surface area (Å²) in [5.74, 6) is 0.0626. The van der Waals surface area contributed by atoms with Gasteiger partial charge in [0.15, 0.2) is 0 Å². The molecule has 1 aliphatic heterocycles. The largest absolute Gasteiger partial charge is 0.450 e. The van der Waals surface area contributed by atoms with Gasteiger partial charge in [-0.05, 0) is 55.0 Å². The van der Waals surface area contributed by atoms with E-state index in [0.717, 1.165) is 41.3 Å². The number of rotatable bonds is 7. The molecule has 1 N–H and O–H groups in total. The molecule has 0 spiro atoms. The van der Waals surface area contributed by atoms with Crippen molar-refractivity contribution >= 4 is 23.0 Å². The topological polar surface area (TPSA) is 88.9 Å². The SMILES string of the molecule is CCCCOC(=O)NCC1CCN(C(=O)c2ccc3c(-c4ccccc4C)cc(=O)oc3c2)C1. The quantitative estimate of drug-likeness (QED) is 0.404. The number of unbranched alkanes of at least 4 members (excludes halogenated alkanes) is 1. The van der Waals surface area contributed by atoms with Crippen LogP contribution in [0.5, 0.6) is 0 Å². The number of alkyl carbamates (subject to hydrolysis) is 1. The zero-order chi connectivity index (χ0) is 24.1. The van der Waals surface area contributed by atoms with Gasteiger partial charge in [-0.25, -0.2) is 9.59 Å². The summed E-state index contributed by atoms with van der Waals surface area (Å²) >= 11 is 0. The molecule has 178 valence electrons. The molecule has 34 heavy (non-hydrogen) atoms. The average Bonchev–Trinajstić information content (AvgIpc) is 3.31. The summed E-state index contributed by atoms with van der Waals surface area (Å²) in [6, 6.07) is 14.6. The lowest BCUT2D eigenvalue weighted by molar-refractivity contribution is 0.0787. The van der Waals surface area contributed by atoms with Crippen molar-refractivity contribution in [3.8, 4) is 11.1 Å². The van der Waals surface area contributed by atoms with Crippen LogP contribution in [-0.2, 0) is 4.74 Å². The highest BCUT2D eigenvalue weighted by Crippen LogP contribution is 2.30. The van der Waals surface area contributed by atoms with E-state index in [0.29, 0.717) is 37.4 Å². The molecule has 4 rings (SSSR count). The highest BCUT2D eigenvalue weighted by molar-refractivity contribution is 6.01. The maximum atomic E-state index is 13.1. The second-order valence-electron chi connectivity index (χ2n) is 8.78. The van der Waals surface area contributed by atoms with Crippen LogP contribution in [0.1, 0.15) is 42.1 Å². The highest BCUT2D eigenvalue weighted by Gasteiger charge is 2.27. The molecule has 1 atom stereocenters. The fourth-order valence-corrected chi connectivity index (χ4v) is 4.35. The minimum absolute atomic E-state index is 0.112. The molecule has 7 heteroatoms. The van der Waals surface area contributed by atoms with Crippen molar-refractivity contribution in [1.29, 1.82) is 0 Å². The Morgan fingerprint density at radius 3 is 2.76 bits per heavy atom. The first-order chi connectivity index (χ1) is 16.5. The minimum atomic E-state index is -0.450. The van der Waals surface area contributed by atoms with Crippen molar-refractivity contribution in [3.05, 3.63) is 70.1 Å². The van der Waals surface area contributed by atoms with E-state index in [1.807, 2.05) is 44.2 Å². The van der Waals surface area contributed by atoms with E-state index >= 15 is 0 Å². The van der Waals surface area contributed by atoms with Gasteiger partial charge < -0.3 is 19.4 Å². The van der Waals surface area contributed by atoms with Crippen LogP contribution in [0, 0.1) is 12.8 Å². The van der Waals surface area contributed by atoms with Crippen LogP contribution >= 0.6 is 0 Å². The van der Waals surface area contributed by atoms with Crippen LogP contribution < -0.4 is 10.9 Å². The maximum Gasteiger partial charge on any atom is 0.407 e.